The zero-order valence-corrected chi connectivity index (χ0v) is 13.3. The van der Waals surface area contributed by atoms with Gasteiger partial charge in [0.1, 0.15) is 0 Å². The second kappa shape index (κ2) is 8.20. The molecule has 0 aromatic rings. The molecule has 2 atom stereocenters. The maximum absolute atomic E-state index is 9.46. The van der Waals surface area contributed by atoms with Crippen molar-refractivity contribution in [1.82, 2.24) is 15.1 Å². The first kappa shape index (κ1) is 16.9. The van der Waals surface area contributed by atoms with E-state index in [-0.39, 0.29) is 12.1 Å². The lowest BCUT2D eigenvalue weighted by molar-refractivity contribution is 0.159. The van der Waals surface area contributed by atoms with E-state index < -0.39 is 0 Å². The SMILES string of the molecule is CCNC(C)(CO)CCCN(C)CC1CCN(C)C1. The smallest absolute Gasteiger partial charge is 0.0610 e. The van der Waals surface area contributed by atoms with E-state index in [0.29, 0.717) is 0 Å². The van der Waals surface area contributed by atoms with Crippen LogP contribution in [-0.4, -0.2) is 73.9 Å². The van der Waals surface area contributed by atoms with E-state index >= 15 is 0 Å². The van der Waals surface area contributed by atoms with Crippen LogP contribution in [0.1, 0.15) is 33.1 Å². The van der Waals surface area contributed by atoms with Gasteiger partial charge in [-0.3, -0.25) is 0 Å². The fourth-order valence-electron chi connectivity index (χ4n) is 3.10. The Bertz CT molecular complexity index is 250. The van der Waals surface area contributed by atoms with Crippen molar-refractivity contribution in [1.29, 1.82) is 0 Å². The van der Waals surface area contributed by atoms with Crippen LogP contribution in [0.5, 0.6) is 0 Å². The highest BCUT2D eigenvalue weighted by molar-refractivity contribution is 4.82. The predicted molar refractivity (Wildman–Crippen MR) is 81.5 cm³/mol. The lowest BCUT2D eigenvalue weighted by Crippen LogP contribution is -2.46. The first-order chi connectivity index (χ1) is 8.99. The molecule has 1 saturated heterocycles. The lowest BCUT2D eigenvalue weighted by Gasteiger charge is -2.29. The average Bonchev–Trinajstić information content (AvgIpc) is 2.75. The topological polar surface area (TPSA) is 38.7 Å². The van der Waals surface area contributed by atoms with E-state index in [0.717, 1.165) is 31.8 Å². The molecule has 0 saturated carbocycles. The van der Waals surface area contributed by atoms with E-state index in [4.69, 9.17) is 0 Å². The van der Waals surface area contributed by atoms with E-state index in [9.17, 15) is 5.11 Å². The molecule has 0 aromatic heterocycles. The largest absolute Gasteiger partial charge is 0.394 e. The van der Waals surface area contributed by atoms with E-state index in [1.54, 1.807) is 0 Å². The third-order valence-electron chi connectivity index (χ3n) is 4.28. The van der Waals surface area contributed by atoms with Crippen LogP contribution in [0.4, 0.5) is 0 Å². The van der Waals surface area contributed by atoms with Crippen LogP contribution in [0.15, 0.2) is 0 Å². The second-order valence-electron chi connectivity index (χ2n) is 6.53. The van der Waals surface area contributed by atoms with Gasteiger partial charge in [-0.15, -0.1) is 0 Å². The molecule has 1 heterocycles. The standard InChI is InChI=1S/C15H33N3O/c1-5-16-15(2,13-19)8-6-9-17(3)11-14-7-10-18(4)12-14/h14,16,19H,5-13H2,1-4H3. The molecule has 0 aromatic carbocycles. The molecule has 0 aliphatic carbocycles. The Morgan fingerprint density at radius 1 is 1.47 bits per heavy atom. The van der Waals surface area contributed by atoms with Crippen molar-refractivity contribution in [2.45, 2.75) is 38.6 Å². The number of hydrogen-bond donors (Lipinski definition) is 2. The molecule has 0 bridgehead atoms. The van der Waals surface area contributed by atoms with Crippen molar-refractivity contribution in [2.24, 2.45) is 5.92 Å². The van der Waals surface area contributed by atoms with Crippen molar-refractivity contribution in [2.75, 3.05) is 53.4 Å². The highest BCUT2D eigenvalue weighted by atomic mass is 16.3. The van der Waals surface area contributed by atoms with Gasteiger partial charge in [-0.1, -0.05) is 6.92 Å². The minimum Gasteiger partial charge on any atom is -0.394 e. The molecular weight excluding hydrogens is 238 g/mol. The molecule has 0 amide bonds. The Kier molecular flexibility index (Phi) is 7.29. The minimum atomic E-state index is -0.108. The summed E-state index contributed by atoms with van der Waals surface area (Å²) in [5.41, 5.74) is -0.108. The van der Waals surface area contributed by atoms with Crippen LogP contribution in [0.25, 0.3) is 0 Å². The summed E-state index contributed by atoms with van der Waals surface area (Å²) >= 11 is 0. The highest BCUT2D eigenvalue weighted by Crippen LogP contribution is 2.16. The van der Waals surface area contributed by atoms with Gasteiger partial charge in [0.05, 0.1) is 6.61 Å². The van der Waals surface area contributed by atoms with E-state index in [1.165, 1.54) is 26.1 Å². The molecule has 1 aliphatic rings. The van der Waals surface area contributed by atoms with Crippen molar-refractivity contribution < 1.29 is 5.11 Å². The number of likely N-dealkylation sites (tertiary alicyclic amines) is 1. The Hall–Kier alpha value is -0.160. The fourth-order valence-corrected chi connectivity index (χ4v) is 3.10. The number of nitrogens with one attached hydrogen (secondary N) is 1. The van der Waals surface area contributed by atoms with Gasteiger partial charge in [0, 0.05) is 18.6 Å². The molecule has 1 aliphatic heterocycles. The molecule has 4 nitrogen and oxygen atoms in total. The quantitative estimate of drug-likeness (QED) is 0.656. The van der Waals surface area contributed by atoms with Crippen LogP contribution in [0.3, 0.4) is 0 Å². The number of hydrogen-bond acceptors (Lipinski definition) is 4. The minimum absolute atomic E-state index is 0.108. The molecule has 2 N–H and O–H groups in total. The fraction of sp³-hybridized carbons (Fsp3) is 1.00. The van der Waals surface area contributed by atoms with Gasteiger partial charge in [-0.25, -0.2) is 0 Å². The average molecular weight is 271 g/mol. The number of rotatable bonds is 9. The van der Waals surface area contributed by atoms with Gasteiger partial charge in [0.15, 0.2) is 0 Å². The van der Waals surface area contributed by atoms with Crippen molar-refractivity contribution in [3.63, 3.8) is 0 Å². The van der Waals surface area contributed by atoms with Crippen LogP contribution in [0.2, 0.25) is 0 Å². The summed E-state index contributed by atoms with van der Waals surface area (Å²) in [4.78, 5) is 4.88. The molecule has 1 rings (SSSR count). The third-order valence-corrected chi connectivity index (χ3v) is 4.28. The number of nitrogens with zero attached hydrogens (tertiary/aromatic N) is 2. The van der Waals surface area contributed by atoms with E-state index in [1.807, 2.05) is 0 Å². The van der Waals surface area contributed by atoms with Crippen molar-refractivity contribution in [3.05, 3.63) is 0 Å². The Morgan fingerprint density at radius 3 is 2.74 bits per heavy atom. The molecule has 2 unspecified atom stereocenters. The maximum atomic E-state index is 9.46. The molecular formula is C15H33N3O. The monoisotopic (exact) mass is 271 g/mol. The summed E-state index contributed by atoms with van der Waals surface area (Å²) in [6.07, 6.45) is 3.52. The summed E-state index contributed by atoms with van der Waals surface area (Å²) in [7, 11) is 4.44. The Morgan fingerprint density at radius 2 is 2.21 bits per heavy atom. The number of likely N-dealkylation sites (N-methyl/N-ethyl adjacent to an activating group) is 1. The van der Waals surface area contributed by atoms with Gasteiger partial charge in [0.2, 0.25) is 0 Å². The van der Waals surface area contributed by atoms with Crippen LogP contribution in [0, 0.1) is 5.92 Å². The molecule has 114 valence electrons. The normalized spacial score (nSPS) is 24.0. The summed E-state index contributed by atoms with van der Waals surface area (Å²) in [5.74, 6) is 0.841. The van der Waals surface area contributed by atoms with Gasteiger partial charge >= 0.3 is 0 Å². The van der Waals surface area contributed by atoms with Gasteiger partial charge in [-0.2, -0.15) is 0 Å². The van der Waals surface area contributed by atoms with Gasteiger partial charge in [-0.05, 0) is 65.8 Å². The third kappa shape index (κ3) is 6.21. The highest BCUT2D eigenvalue weighted by Gasteiger charge is 2.23. The Balaban J connectivity index is 2.17. The number of aliphatic hydroxyl groups excluding tert-OH is 1. The molecule has 19 heavy (non-hydrogen) atoms. The van der Waals surface area contributed by atoms with Crippen molar-refractivity contribution >= 4 is 0 Å². The summed E-state index contributed by atoms with van der Waals surface area (Å²) in [6, 6.07) is 0. The molecule has 0 radical (unpaired) electrons. The Labute approximate surface area is 119 Å². The van der Waals surface area contributed by atoms with Crippen LogP contribution in [-0.2, 0) is 0 Å². The maximum Gasteiger partial charge on any atom is 0.0610 e. The van der Waals surface area contributed by atoms with Crippen molar-refractivity contribution in [3.8, 4) is 0 Å². The first-order valence-corrected chi connectivity index (χ1v) is 7.72. The molecule has 1 fully saturated rings. The summed E-state index contributed by atoms with van der Waals surface area (Å²) < 4.78 is 0. The molecule has 4 heteroatoms. The van der Waals surface area contributed by atoms with Gasteiger partial charge < -0.3 is 20.2 Å². The second-order valence-corrected chi connectivity index (χ2v) is 6.53. The van der Waals surface area contributed by atoms with Crippen LogP contribution < -0.4 is 5.32 Å². The summed E-state index contributed by atoms with van der Waals surface area (Å²) in [6.45, 7) is 10.2. The number of aliphatic hydroxyl groups is 1. The van der Waals surface area contributed by atoms with Gasteiger partial charge in [0.25, 0.3) is 0 Å². The first-order valence-electron chi connectivity index (χ1n) is 7.72. The summed E-state index contributed by atoms with van der Waals surface area (Å²) in [5, 5.41) is 12.8. The van der Waals surface area contributed by atoms with E-state index in [2.05, 4.69) is 43.1 Å². The van der Waals surface area contributed by atoms with Crippen LogP contribution >= 0.6 is 0 Å². The zero-order valence-electron chi connectivity index (χ0n) is 13.3. The molecule has 0 spiro atoms. The predicted octanol–water partition coefficient (Wildman–Crippen LogP) is 1.01. The zero-order chi connectivity index (χ0) is 14.3. The lowest BCUT2D eigenvalue weighted by atomic mass is 9.96.